The van der Waals surface area contributed by atoms with Crippen LogP contribution in [0.5, 0.6) is 5.75 Å². The Bertz CT molecular complexity index is 743. The topological polar surface area (TPSA) is 53.1 Å². The van der Waals surface area contributed by atoms with Gasteiger partial charge in [-0.3, -0.25) is 14.6 Å². The van der Waals surface area contributed by atoms with Gasteiger partial charge in [-0.15, -0.1) is 0 Å². The highest BCUT2D eigenvalue weighted by Gasteiger charge is 2.30. The summed E-state index contributed by atoms with van der Waals surface area (Å²) in [5, 5.41) is 0. The summed E-state index contributed by atoms with van der Waals surface area (Å²) in [6, 6.07) is 14.7. The fourth-order valence-corrected chi connectivity index (χ4v) is 2.73. The molecule has 0 unspecified atom stereocenters. The predicted octanol–water partition coefficient (Wildman–Crippen LogP) is 2.73. The summed E-state index contributed by atoms with van der Waals surface area (Å²) in [6.07, 6.45) is 0. The molecule has 0 saturated carbocycles. The Morgan fingerprint density at radius 1 is 1.00 bits per heavy atom. The van der Waals surface area contributed by atoms with Gasteiger partial charge in [-0.25, -0.2) is 4.79 Å². The molecule has 1 saturated heterocycles. The highest BCUT2D eigenvalue weighted by atomic mass is 16.5. The molecule has 0 spiro atoms. The highest BCUT2D eigenvalue weighted by Crippen LogP contribution is 2.28. The third-order valence-corrected chi connectivity index (χ3v) is 4.00. The number of nitrogens with zero attached hydrogens (tertiary/aromatic N) is 3. The number of ether oxygens (including phenoxy) is 1. The molecule has 1 aliphatic rings. The summed E-state index contributed by atoms with van der Waals surface area (Å²) in [6.45, 7) is 1.57. The lowest BCUT2D eigenvalue weighted by atomic mass is 10.2. The molecule has 0 atom stereocenters. The molecule has 24 heavy (non-hydrogen) atoms. The maximum absolute atomic E-state index is 12.7. The zero-order chi connectivity index (χ0) is 17.1. The molecule has 0 aromatic heterocycles. The van der Waals surface area contributed by atoms with E-state index in [-0.39, 0.29) is 6.03 Å². The van der Waals surface area contributed by atoms with Crippen molar-refractivity contribution in [3.63, 3.8) is 0 Å². The van der Waals surface area contributed by atoms with E-state index in [0.717, 1.165) is 11.4 Å². The number of amides is 2. The van der Waals surface area contributed by atoms with Gasteiger partial charge in [0, 0.05) is 50.3 Å². The van der Waals surface area contributed by atoms with Gasteiger partial charge in [0.05, 0.1) is 0 Å². The average Bonchev–Trinajstić information content (AvgIpc) is 2.97. The molecule has 3 rings (SSSR count). The molecule has 1 aliphatic heterocycles. The van der Waals surface area contributed by atoms with Crippen LogP contribution < -0.4 is 19.4 Å². The van der Waals surface area contributed by atoms with E-state index in [4.69, 9.17) is 4.74 Å². The van der Waals surface area contributed by atoms with Gasteiger partial charge < -0.3 is 9.64 Å². The molecule has 2 aromatic carbocycles. The van der Waals surface area contributed by atoms with Crippen molar-refractivity contribution < 1.29 is 14.3 Å². The SMILES string of the molecule is CN(C)c1ccc(N2CCN(c3cccc(OC=O)c3)C2=O)cc1. The third kappa shape index (κ3) is 3.03. The monoisotopic (exact) mass is 325 g/mol. The van der Waals surface area contributed by atoms with Gasteiger partial charge in [-0.1, -0.05) is 6.07 Å². The van der Waals surface area contributed by atoms with Crippen molar-refractivity contribution in [2.75, 3.05) is 41.9 Å². The summed E-state index contributed by atoms with van der Waals surface area (Å²) in [4.78, 5) is 28.6. The first kappa shape index (κ1) is 15.9. The van der Waals surface area contributed by atoms with E-state index in [1.165, 1.54) is 0 Å². The van der Waals surface area contributed by atoms with Crippen molar-refractivity contribution in [1.29, 1.82) is 0 Å². The Balaban J connectivity index is 1.79. The number of carbonyl (C=O) groups is 2. The number of benzene rings is 2. The number of urea groups is 1. The van der Waals surface area contributed by atoms with Crippen LogP contribution in [0, 0.1) is 0 Å². The number of rotatable bonds is 5. The molecule has 0 radical (unpaired) electrons. The molecule has 0 bridgehead atoms. The molecule has 1 fully saturated rings. The second kappa shape index (κ2) is 6.62. The molecule has 0 N–H and O–H groups in total. The summed E-state index contributed by atoms with van der Waals surface area (Å²) in [5.41, 5.74) is 2.67. The van der Waals surface area contributed by atoms with Crippen LogP contribution in [0.1, 0.15) is 0 Å². The van der Waals surface area contributed by atoms with E-state index in [1.54, 1.807) is 28.0 Å². The Morgan fingerprint density at radius 3 is 2.29 bits per heavy atom. The summed E-state index contributed by atoms with van der Waals surface area (Å²) >= 11 is 0. The maximum atomic E-state index is 12.7. The van der Waals surface area contributed by atoms with E-state index >= 15 is 0 Å². The number of carbonyl (C=O) groups excluding carboxylic acids is 2. The van der Waals surface area contributed by atoms with Gasteiger partial charge in [0.25, 0.3) is 6.47 Å². The van der Waals surface area contributed by atoms with Gasteiger partial charge in [0.1, 0.15) is 5.75 Å². The maximum Gasteiger partial charge on any atom is 0.329 e. The minimum Gasteiger partial charge on any atom is -0.429 e. The van der Waals surface area contributed by atoms with E-state index in [0.29, 0.717) is 31.0 Å². The molecule has 0 aliphatic carbocycles. The lowest BCUT2D eigenvalue weighted by Crippen LogP contribution is -2.31. The molecule has 6 nitrogen and oxygen atoms in total. The van der Waals surface area contributed by atoms with Crippen LogP contribution in [0.15, 0.2) is 48.5 Å². The molecule has 6 heteroatoms. The molecule has 124 valence electrons. The quantitative estimate of drug-likeness (QED) is 0.793. The normalized spacial score (nSPS) is 14.0. The minimum absolute atomic E-state index is 0.0872. The first-order chi connectivity index (χ1) is 11.6. The fraction of sp³-hybridized carbons (Fsp3) is 0.222. The minimum atomic E-state index is -0.0872. The Morgan fingerprint density at radius 2 is 1.67 bits per heavy atom. The van der Waals surface area contributed by atoms with Crippen LogP contribution in [0.25, 0.3) is 0 Å². The smallest absolute Gasteiger partial charge is 0.329 e. The predicted molar refractivity (Wildman–Crippen MR) is 94.0 cm³/mol. The molecule has 2 amide bonds. The van der Waals surface area contributed by atoms with Gasteiger partial charge >= 0.3 is 6.03 Å². The van der Waals surface area contributed by atoms with Crippen LogP contribution in [0.4, 0.5) is 21.9 Å². The van der Waals surface area contributed by atoms with Crippen molar-refractivity contribution in [2.24, 2.45) is 0 Å². The highest BCUT2D eigenvalue weighted by molar-refractivity contribution is 6.06. The molecule has 1 heterocycles. The standard InChI is InChI=1S/C18H19N3O3/c1-19(2)14-6-8-15(9-7-14)20-10-11-21(18(20)23)16-4-3-5-17(12-16)24-13-22/h3-9,12-13H,10-11H2,1-2H3. The van der Waals surface area contributed by atoms with Crippen molar-refractivity contribution in [3.8, 4) is 5.75 Å². The van der Waals surface area contributed by atoms with E-state index in [2.05, 4.69) is 0 Å². The van der Waals surface area contributed by atoms with Crippen molar-refractivity contribution in [3.05, 3.63) is 48.5 Å². The van der Waals surface area contributed by atoms with Crippen molar-refractivity contribution in [2.45, 2.75) is 0 Å². The van der Waals surface area contributed by atoms with Crippen LogP contribution in [0.3, 0.4) is 0 Å². The number of hydrogen-bond acceptors (Lipinski definition) is 4. The molecular formula is C18H19N3O3. The van der Waals surface area contributed by atoms with Gasteiger partial charge in [0.15, 0.2) is 0 Å². The Hall–Kier alpha value is -3.02. The van der Waals surface area contributed by atoms with Crippen LogP contribution in [-0.2, 0) is 4.79 Å². The average molecular weight is 325 g/mol. The van der Waals surface area contributed by atoms with Crippen molar-refractivity contribution in [1.82, 2.24) is 0 Å². The Kier molecular flexibility index (Phi) is 4.37. The first-order valence-electron chi connectivity index (χ1n) is 7.67. The lowest BCUT2D eigenvalue weighted by Gasteiger charge is -2.20. The summed E-state index contributed by atoms with van der Waals surface area (Å²) < 4.78 is 4.85. The number of anilines is 3. The van der Waals surface area contributed by atoms with Crippen LogP contribution in [-0.4, -0.2) is 39.7 Å². The van der Waals surface area contributed by atoms with E-state index in [1.807, 2.05) is 49.3 Å². The van der Waals surface area contributed by atoms with E-state index < -0.39 is 0 Å². The largest absolute Gasteiger partial charge is 0.429 e. The fourth-order valence-electron chi connectivity index (χ4n) is 2.73. The van der Waals surface area contributed by atoms with Crippen molar-refractivity contribution >= 4 is 29.6 Å². The molecule has 2 aromatic rings. The number of hydrogen-bond donors (Lipinski definition) is 0. The van der Waals surface area contributed by atoms with Crippen LogP contribution >= 0.6 is 0 Å². The molecular weight excluding hydrogens is 306 g/mol. The third-order valence-electron chi connectivity index (χ3n) is 4.00. The Labute approximate surface area is 140 Å². The summed E-state index contributed by atoms with van der Waals surface area (Å²) in [5.74, 6) is 0.420. The van der Waals surface area contributed by atoms with Crippen LogP contribution in [0.2, 0.25) is 0 Å². The van der Waals surface area contributed by atoms with Gasteiger partial charge in [-0.05, 0) is 36.4 Å². The second-order valence-electron chi connectivity index (χ2n) is 5.71. The lowest BCUT2D eigenvalue weighted by molar-refractivity contribution is -0.120. The second-order valence-corrected chi connectivity index (χ2v) is 5.71. The van der Waals surface area contributed by atoms with Gasteiger partial charge in [-0.2, -0.15) is 0 Å². The van der Waals surface area contributed by atoms with E-state index in [9.17, 15) is 9.59 Å². The zero-order valence-electron chi connectivity index (χ0n) is 13.7. The van der Waals surface area contributed by atoms with Gasteiger partial charge in [0.2, 0.25) is 0 Å². The zero-order valence-corrected chi connectivity index (χ0v) is 13.7. The first-order valence-corrected chi connectivity index (χ1v) is 7.67. The summed E-state index contributed by atoms with van der Waals surface area (Å²) in [7, 11) is 3.96.